The zero-order chi connectivity index (χ0) is 42.3. The second kappa shape index (κ2) is 12.5. The van der Waals surface area contributed by atoms with Gasteiger partial charge in [0.05, 0.1) is 20.6 Å². The molecule has 0 aromatic heterocycles. The maximum atomic E-state index is 14.0. The number of alkyl halides is 28. The van der Waals surface area contributed by atoms with E-state index < -0.39 is 113 Å². The minimum absolute atomic E-state index is 0.640. The fourth-order valence-electron chi connectivity index (χ4n) is 3.45. The normalized spacial score (nSPS) is 17.1. The molecule has 3 nitrogen and oxygen atoms in total. The summed E-state index contributed by atoms with van der Waals surface area (Å²) in [6.45, 7) is -2.76. The van der Waals surface area contributed by atoms with E-state index in [-0.39, 0.29) is 0 Å². The molecule has 0 aliphatic carbocycles. The first kappa shape index (κ1) is 48.5. The molecule has 51 heavy (non-hydrogen) atoms. The van der Waals surface area contributed by atoms with E-state index in [2.05, 4.69) is 0 Å². The number of halogens is 28. The molecule has 0 amide bonds. The molecule has 0 radical (unpaired) electrons. The first-order chi connectivity index (χ1) is 21.5. The maximum Gasteiger partial charge on any atom is 0.460 e. The number of rotatable bonds is 17. The number of aliphatic carboxylic acids is 1. The van der Waals surface area contributed by atoms with Crippen LogP contribution in [0, 0.1) is 0 Å². The van der Waals surface area contributed by atoms with Crippen molar-refractivity contribution in [2.75, 3.05) is 27.2 Å². The van der Waals surface area contributed by atoms with E-state index in [0.717, 1.165) is 0 Å². The summed E-state index contributed by atoms with van der Waals surface area (Å²) in [4.78, 5) is 10.6. The Labute approximate surface area is 261 Å². The van der Waals surface area contributed by atoms with Gasteiger partial charge in [0, 0.05) is 6.42 Å². The standard InChI is InChI=1S/C20H13F28NO2/c1-49(2,5-7(50)51)4-3-6(21)8(22,23)9(24,25)10(26,27)11(28,29)12(30,31)13(32,33)14(34,35)15(36,37)16(38,39)17(40,41)18(42,43)19(44,45)20(46,47)48/h6H,3-5H2,1-2H3/p+1. The first-order valence-electron chi connectivity index (χ1n) is 11.8. The topological polar surface area (TPSA) is 37.3 Å². The van der Waals surface area contributed by atoms with Crippen LogP contribution < -0.4 is 0 Å². The van der Waals surface area contributed by atoms with E-state index in [1.54, 1.807) is 0 Å². The van der Waals surface area contributed by atoms with Gasteiger partial charge in [-0.15, -0.1) is 0 Å². The van der Waals surface area contributed by atoms with Crippen molar-refractivity contribution in [2.45, 2.75) is 89.8 Å². The third kappa shape index (κ3) is 6.54. The Bertz CT molecular complexity index is 1270. The van der Waals surface area contributed by atoms with Gasteiger partial charge in [0.2, 0.25) is 0 Å². The predicted octanol–water partition coefficient (Wildman–Crippen LogP) is 9.06. The lowest BCUT2D eigenvalue weighted by atomic mass is 9.83. The minimum Gasteiger partial charge on any atom is -0.477 e. The van der Waals surface area contributed by atoms with Crippen LogP contribution in [-0.2, 0) is 4.79 Å². The van der Waals surface area contributed by atoms with E-state index in [1.807, 2.05) is 0 Å². The van der Waals surface area contributed by atoms with Crippen molar-refractivity contribution in [1.29, 1.82) is 0 Å². The molecule has 0 bridgehead atoms. The number of carbonyl (C=O) groups is 1. The molecule has 0 aromatic rings. The van der Waals surface area contributed by atoms with Gasteiger partial charge in [-0.2, -0.15) is 119 Å². The number of hydrogen-bond acceptors (Lipinski definition) is 1. The molecule has 0 saturated carbocycles. The van der Waals surface area contributed by atoms with Gasteiger partial charge in [-0.25, -0.2) is 9.18 Å². The van der Waals surface area contributed by atoms with Crippen molar-refractivity contribution >= 4 is 5.97 Å². The Morgan fingerprint density at radius 1 is 0.451 bits per heavy atom. The van der Waals surface area contributed by atoms with E-state index >= 15 is 0 Å². The van der Waals surface area contributed by atoms with Crippen LogP contribution in [0.15, 0.2) is 0 Å². The number of hydrogen-bond donors (Lipinski definition) is 1. The third-order valence-electron chi connectivity index (χ3n) is 6.66. The Morgan fingerprint density at radius 3 is 0.882 bits per heavy atom. The molecule has 1 N–H and O–H groups in total. The van der Waals surface area contributed by atoms with Crippen LogP contribution >= 0.6 is 0 Å². The van der Waals surface area contributed by atoms with E-state index in [1.165, 1.54) is 0 Å². The van der Waals surface area contributed by atoms with Crippen LogP contribution in [0.25, 0.3) is 0 Å². The van der Waals surface area contributed by atoms with Crippen LogP contribution in [0.4, 0.5) is 123 Å². The summed E-state index contributed by atoms with van der Waals surface area (Å²) >= 11 is 0. The second-order valence-corrected chi connectivity index (χ2v) is 10.9. The third-order valence-corrected chi connectivity index (χ3v) is 6.66. The summed E-state index contributed by atoms with van der Waals surface area (Å²) in [6.07, 6.45) is -15.7. The molecule has 0 aromatic carbocycles. The molecule has 1 atom stereocenters. The molecular formula is C20H14F28NO2+. The molecule has 0 saturated heterocycles. The summed E-state index contributed by atoms with van der Waals surface area (Å²) in [7, 11) is 1.28. The number of nitrogens with zero attached hydrogens (tertiary/aromatic N) is 1. The summed E-state index contributed by atoms with van der Waals surface area (Å²) < 4.78 is 378. The molecule has 0 aliphatic rings. The van der Waals surface area contributed by atoms with Gasteiger partial charge in [0.25, 0.3) is 0 Å². The van der Waals surface area contributed by atoms with Crippen molar-refractivity contribution < 1.29 is 137 Å². The molecule has 31 heteroatoms. The minimum atomic E-state index is -9.88. The van der Waals surface area contributed by atoms with Gasteiger partial charge in [-0.3, -0.25) is 0 Å². The van der Waals surface area contributed by atoms with Gasteiger partial charge >= 0.3 is 83.2 Å². The molecule has 306 valence electrons. The molecule has 1 unspecified atom stereocenters. The SMILES string of the molecule is C[N+](C)(CCC(F)C(F)(F)C(F)(F)C(F)(F)C(F)(F)C(F)(F)C(F)(F)C(F)(F)C(F)(F)C(F)(F)C(F)(F)C(F)(F)C(F)(F)C(F)(F)F)CC(=O)O. The Kier molecular flexibility index (Phi) is 11.9. The number of likely N-dealkylation sites (N-methyl/N-ethyl adjacent to an activating group) is 1. The lowest BCUT2D eigenvalue weighted by Crippen LogP contribution is -2.79. The smallest absolute Gasteiger partial charge is 0.460 e. The highest BCUT2D eigenvalue weighted by molar-refractivity contribution is 5.67. The van der Waals surface area contributed by atoms with Crippen LogP contribution in [0.5, 0.6) is 0 Å². The molecule has 0 heterocycles. The average molecular weight is 832 g/mol. The molecule has 0 rings (SSSR count). The van der Waals surface area contributed by atoms with Gasteiger partial charge in [0.15, 0.2) is 12.7 Å². The molecule has 0 fully saturated rings. The monoisotopic (exact) mass is 832 g/mol. The van der Waals surface area contributed by atoms with Crippen molar-refractivity contribution in [3.05, 3.63) is 0 Å². The highest BCUT2D eigenvalue weighted by Gasteiger charge is 3.00. The van der Waals surface area contributed by atoms with Crippen LogP contribution in [0.1, 0.15) is 6.42 Å². The lowest BCUT2D eigenvalue weighted by molar-refractivity contribution is -0.883. The Morgan fingerprint density at radius 2 is 0.667 bits per heavy atom. The lowest BCUT2D eigenvalue weighted by Gasteiger charge is -2.46. The van der Waals surface area contributed by atoms with Crippen LogP contribution in [0.3, 0.4) is 0 Å². The predicted molar refractivity (Wildman–Crippen MR) is 104 cm³/mol. The average Bonchev–Trinajstić information content (AvgIpc) is 2.88. The van der Waals surface area contributed by atoms with Crippen LogP contribution in [0.2, 0.25) is 0 Å². The summed E-state index contributed by atoms with van der Waals surface area (Å²) in [5.74, 6) is -113. The zero-order valence-electron chi connectivity index (χ0n) is 23.6. The first-order valence-corrected chi connectivity index (χ1v) is 11.8. The molecular weight excluding hydrogens is 818 g/mol. The highest BCUT2D eigenvalue weighted by Crippen LogP contribution is 2.68. The van der Waals surface area contributed by atoms with Crippen molar-refractivity contribution in [3.63, 3.8) is 0 Å². The second-order valence-electron chi connectivity index (χ2n) is 10.9. The fourth-order valence-corrected chi connectivity index (χ4v) is 3.45. The largest absolute Gasteiger partial charge is 0.477 e. The van der Waals surface area contributed by atoms with Crippen molar-refractivity contribution in [2.24, 2.45) is 0 Å². The van der Waals surface area contributed by atoms with E-state index in [4.69, 9.17) is 5.11 Å². The summed E-state index contributed by atoms with van der Waals surface area (Å²) in [6, 6.07) is 0. The van der Waals surface area contributed by atoms with Crippen LogP contribution in [-0.4, -0.2) is 126 Å². The van der Waals surface area contributed by atoms with Gasteiger partial charge in [-0.1, -0.05) is 0 Å². The quantitative estimate of drug-likeness (QED) is 0.117. The summed E-state index contributed by atoms with van der Waals surface area (Å²) in [5, 5.41) is 8.55. The maximum absolute atomic E-state index is 14.0. The van der Waals surface area contributed by atoms with Gasteiger partial charge in [-0.05, 0) is 0 Å². The van der Waals surface area contributed by atoms with Crippen molar-refractivity contribution in [3.8, 4) is 0 Å². The molecule has 0 aliphatic heterocycles. The fraction of sp³-hybridized carbons (Fsp3) is 0.950. The highest BCUT2D eigenvalue weighted by atomic mass is 19.4. The van der Waals surface area contributed by atoms with Gasteiger partial charge in [0.1, 0.15) is 0 Å². The molecule has 0 spiro atoms. The van der Waals surface area contributed by atoms with E-state index in [9.17, 15) is 128 Å². The van der Waals surface area contributed by atoms with Crippen molar-refractivity contribution in [1.82, 2.24) is 0 Å². The van der Waals surface area contributed by atoms with E-state index in [0.29, 0.717) is 14.1 Å². The Balaban J connectivity index is 7.29. The number of quaternary nitrogens is 1. The van der Waals surface area contributed by atoms with Gasteiger partial charge < -0.3 is 9.59 Å². The summed E-state index contributed by atoms with van der Waals surface area (Å²) in [5.41, 5.74) is 0. The Hall–Kier alpha value is -2.53. The number of carboxylic acids is 1. The number of carboxylic acid groups (broad SMARTS) is 1. The zero-order valence-corrected chi connectivity index (χ0v) is 23.6.